The van der Waals surface area contributed by atoms with Crippen LogP contribution in [0.4, 0.5) is 10.2 Å². The van der Waals surface area contributed by atoms with Crippen LogP contribution >= 0.6 is 0 Å². The highest BCUT2D eigenvalue weighted by Crippen LogP contribution is 2.18. The molecule has 0 unspecified atom stereocenters. The fourth-order valence-corrected chi connectivity index (χ4v) is 3.86. The summed E-state index contributed by atoms with van der Waals surface area (Å²) in [6.07, 6.45) is 3.48. The first-order valence-corrected chi connectivity index (χ1v) is 9.77. The predicted octanol–water partition coefficient (Wildman–Crippen LogP) is 2.39. The van der Waals surface area contributed by atoms with Crippen molar-refractivity contribution < 1.29 is 12.8 Å². The van der Waals surface area contributed by atoms with E-state index in [1.165, 1.54) is 24.6 Å². The number of halogens is 1. The molecule has 0 atom stereocenters. The summed E-state index contributed by atoms with van der Waals surface area (Å²) in [6.45, 7) is 3.72. The predicted molar refractivity (Wildman–Crippen MR) is 93.3 cm³/mol. The fraction of sp³-hybridized carbons (Fsp3) is 0.412. The molecule has 25 heavy (non-hydrogen) atoms. The number of rotatable bonds is 5. The number of nitrogens with one attached hydrogen (secondary N) is 1. The van der Waals surface area contributed by atoms with Crippen LogP contribution < -0.4 is 9.62 Å². The van der Waals surface area contributed by atoms with Gasteiger partial charge in [0, 0.05) is 24.8 Å². The lowest BCUT2D eigenvalue weighted by Gasteiger charge is -2.28. The van der Waals surface area contributed by atoms with E-state index in [9.17, 15) is 12.8 Å². The number of hydrogen-bond donors (Lipinski definition) is 1. The molecule has 134 valence electrons. The molecule has 0 bridgehead atoms. The summed E-state index contributed by atoms with van der Waals surface area (Å²) in [7, 11) is -3.82. The maximum Gasteiger partial charge on any atom is 0.241 e. The molecule has 1 fully saturated rings. The Bertz CT molecular complexity index is 851. The number of benzene rings is 1. The van der Waals surface area contributed by atoms with Gasteiger partial charge in [0.1, 0.15) is 17.5 Å². The molecule has 2 aromatic rings. The van der Waals surface area contributed by atoms with E-state index < -0.39 is 15.8 Å². The molecule has 1 aliphatic rings. The minimum absolute atomic E-state index is 0.0403. The Morgan fingerprint density at radius 1 is 1.16 bits per heavy atom. The second-order valence-corrected chi connectivity index (χ2v) is 7.88. The zero-order chi connectivity index (χ0) is 17.9. The molecule has 1 aromatic heterocycles. The van der Waals surface area contributed by atoms with Crippen LogP contribution in [-0.2, 0) is 16.6 Å². The molecule has 0 radical (unpaired) electrons. The summed E-state index contributed by atoms with van der Waals surface area (Å²) < 4.78 is 40.3. The quantitative estimate of drug-likeness (QED) is 0.882. The van der Waals surface area contributed by atoms with Gasteiger partial charge >= 0.3 is 0 Å². The molecule has 3 rings (SSSR count). The lowest BCUT2D eigenvalue weighted by Crippen LogP contribution is -2.31. The standard InChI is InChI=1S/C17H21FN4O2S/c1-13-10-17(22-8-3-2-4-9-22)21-16(20-13)12-19-25(23,24)15-7-5-6-14(18)11-15/h5-7,10-11,19H,2-4,8-9,12H2,1H3. The average molecular weight is 364 g/mol. The second-order valence-electron chi connectivity index (χ2n) is 6.11. The first kappa shape index (κ1) is 17.8. The molecule has 0 aliphatic carbocycles. The lowest BCUT2D eigenvalue weighted by molar-refractivity contribution is 0.568. The first-order valence-electron chi connectivity index (χ1n) is 8.29. The average Bonchev–Trinajstić information content (AvgIpc) is 2.60. The van der Waals surface area contributed by atoms with E-state index in [1.807, 2.05) is 13.0 Å². The molecule has 0 spiro atoms. The SMILES string of the molecule is Cc1cc(N2CCCCC2)nc(CNS(=O)(=O)c2cccc(F)c2)n1. The number of hydrogen-bond acceptors (Lipinski definition) is 5. The summed E-state index contributed by atoms with van der Waals surface area (Å²) in [6, 6.07) is 6.81. The Balaban J connectivity index is 1.75. The third-order valence-corrected chi connectivity index (χ3v) is 5.49. The number of piperidine rings is 1. The molecule has 1 aromatic carbocycles. The van der Waals surface area contributed by atoms with Crippen molar-refractivity contribution in [1.29, 1.82) is 0 Å². The molecule has 8 heteroatoms. The highest BCUT2D eigenvalue weighted by Gasteiger charge is 2.17. The van der Waals surface area contributed by atoms with Gasteiger partial charge < -0.3 is 4.90 Å². The Hall–Kier alpha value is -2.06. The van der Waals surface area contributed by atoms with Gasteiger partial charge in [-0.1, -0.05) is 6.07 Å². The van der Waals surface area contributed by atoms with Gasteiger partial charge in [-0.2, -0.15) is 0 Å². The number of nitrogens with zero attached hydrogens (tertiary/aromatic N) is 3. The van der Waals surface area contributed by atoms with E-state index in [0.717, 1.165) is 43.5 Å². The Morgan fingerprint density at radius 3 is 2.64 bits per heavy atom. The Kier molecular flexibility index (Phi) is 5.29. The van der Waals surface area contributed by atoms with Gasteiger partial charge in [0.05, 0.1) is 11.4 Å². The molecule has 1 N–H and O–H groups in total. The van der Waals surface area contributed by atoms with Crippen molar-refractivity contribution in [1.82, 2.24) is 14.7 Å². The smallest absolute Gasteiger partial charge is 0.241 e. The van der Waals surface area contributed by atoms with Crippen LogP contribution in [0.2, 0.25) is 0 Å². The number of sulfonamides is 1. The largest absolute Gasteiger partial charge is 0.357 e. The summed E-state index contributed by atoms with van der Waals surface area (Å²) >= 11 is 0. The van der Waals surface area contributed by atoms with Gasteiger partial charge in [0.2, 0.25) is 10.0 Å². The maximum atomic E-state index is 13.3. The highest BCUT2D eigenvalue weighted by molar-refractivity contribution is 7.89. The van der Waals surface area contributed by atoms with Crippen molar-refractivity contribution in [2.75, 3.05) is 18.0 Å². The van der Waals surface area contributed by atoms with Gasteiger partial charge in [0.15, 0.2) is 0 Å². The minimum Gasteiger partial charge on any atom is -0.357 e. The van der Waals surface area contributed by atoms with E-state index in [2.05, 4.69) is 19.6 Å². The van der Waals surface area contributed by atoms with Gasteiger partial charge in [-0.05, 0) is 44.4 Å². The van der Waals surface area contributed by atoms with Crippen molar-refractivity contribution in [3.05, 3.63) is 47.7 Å². The van der Waals surface area contributed by atoms with E-state index in [4.69, 9.17) is 0 Å². The fourth-order valence-electron chi connectivity index (χ4n) is 2.85. The number of aromatic nitrogens is 2. The zero-order valence-electron chi connectivity index (χ0n) is 14.1. The third kappa shape index (κ3) is 4.52. The minimum atomic E-state index is -3.82. The van der Waals surface area contributed by atoms with Crippen molar-refractivity contribution >= 4 is 15.8 Å². The molecule has 1 saturated heterocycles. The molecule has 2 heterocycles. The highest BCUT2D eigenvalue weighted by atomic mass is 32.2. The summed E-state index contributed by atoms with van der Waals surface area (Å²) in [5.41, 5.74) is 0.788. The molecule has 0 amide bonds. The van der Waals surface area contributed by atoms with Crippen LogP contribution in [-0.4, -0.2) is 31.5 Å². The molecule has 1 aliphatic heterocycles. The zero-order valence-corrected chi connectivity index (χ0v) is 14.9. The summed E-state index contributed by atoms with van der Waals surface area (Å²) in [4.78, 5) is 10.9. The number of aryl methyl sites for hydroxylation is 1. The van der Waals surface area contributed by atoms with Gasteiger partial charge in [-0.3, -0.25) is 0 Å². The van der Waals surface area contributed by atoms with E-state index >= 15 is 0 Å². The lowest BCUT2D eigenvalue weighted by atomic mass is 10.1. The van der Waals surface area contributed by atoms with Gasteiger partial charge in [-0.15, -0.1) is 0 Å². The number of anilines is 1. The monoisotopic (exact) mass is 364 g/mol. The molecule has 0 saturated carbocycles. The molecule has 6 nitrogen and oxygen atoms in total. The second kappa shape index (κ2) is 7.45. The summed E-state index contributed by atoms with van der Waals surface area (Å²) in [5.74, 6) is 0.634. The van der Waals surface area contributed by atoms with Crippen molar-refractivity contribution in [2.24, 2.45) is 0 Å². The first-order chi connectivity index (χ1) is 11.9. The molecular formula is C17H21FN4O2S. The van der Waals surface area contributed by atoms with E-state index in [0.29, 0.717) is 5.82 Å². The van der Waals surface area contributed by atoms with Crippen molar-refractivity contribution in [3.8, 4) is 0 Å². The third-order valence-electron chi connectivity index (χ3n) is 4.09. The van der Waals surface area contributed by atoms with Crippen LogP contribution in [0.5, 0.6) is 0 Å². The summed E-state index contributed by atoms with van der Waals surface area (Å²) in [5, 5.41) is 0. The van der Waals surface area contributed by atoms with Crippen molar-refractivity contribution in [3.63, 3.8) is 0 Å². The normalized spacial score (nSPS) is 15.4. The van der Waals surface area contributed by atoms with Crippen molar-refractivity contribution in [2.45, 2.75) is 37.6 Å². The van der Waals surface area contributed by atoms with Gasteiger partial charge in [-0.25, -0.2) is 27.5 Å². The van der Waals surface area contributed by atoms with Crippen LogP contribution in [0.15, 0.2) is 35.2 Å². The van der Waals surface area contributed by atoms with Crippen LogP contribution in [0.25, 0.3) is 0 Å². The van der Waals surface area contributed by atoms with Crippen LogP contribution in [0, 0.1) is 12.7 Å². The van der Waals surface area contributed by atoms with E-state index in [1.54, 1.807) is 0 Å². The van der Waals surface area contributed by atoms with Gasteiger partial charge in [0.25, 0.3) is 0 Å². The topological polar surface area (TPSA) is 75.2 Å². The maximum absolute atomic E-state index is 13.3. The Morgan fingerprint density at radius 2 is 1.92 bits per heavy atom. The van der Waals surface area contributed by atoms with E-state index in [-0.39, 0.29) is 11.4 Å². The molecular weight excluding hydrogens is 343 g/mol. The van der Waals surface area contributed by atoms with Crippen LogP contribution in [0.3, 0.4) is 0 Å². The van der Waals surface area contributed by atoms with Crippen LogP contribution in [0.1, 0.15) is 30.8 Å². The Labute approximate surface area is 147 Å².